The van der Waals surface area contributed by atoms with E-state index < -0.39 is 4.92 Å². The van der Waals surface area contributed by atoms with Gasteiger partial charge in [-0.15, -0.1) is 16.8 Å². The standard InChI is InChI=1S/C23H24ClN5O4S/c1-5-10-28-22(16(4)33-20-9-6-14(2)11-15(20)3)26-27-23(28)34-13-21(30)25-19-12-17(29(31)32)7-8-18(19)24/h5-9,11-12,16H,1,10,13H2,2-4H3,(H,25,30). The molecule has 178 valence electrons. The molecule has 1 N–H and O–H groups in total. The van der Waals surface area contributed by atoms with Gasteiger partial charge >= 0.3 is 0 Å². The van der Waals surface area contributed by atoms with Gasteiger partial charge in [-0.05, 0) is 38.5 Å². The number of amides is 1. The lowest BCUT2D eigenvalue weighted by Crippen LogP contribution is -2.16. The van der Waals surface area contributed by atoms with Gasteiger partial charge in [0.15, 0.2) is 17.1 Å². The molecule has 0 saturated carbocycles. The van der Waals surface area contributed by atoms with Gasteiger partial charge in [-0.25, -0.2) is 0 Å². The van der Waals surface area contributed by atoms with Gasteiger partial charge in [0.1, 0.15) is 5.75 Å². The van der Waals surface area contributed by atoms with Crippen LogP contribution in [0.1, 0.15) is 30.0 Å². The fourth-order valence-corrected chi connectivity index (χ4v) is 4.14. The maximum Gasteiger partial charge on any atom is 0.271 e. The Morgan fingerprint density at radius 2 is 2.09 bits per heavy atom. The topological polar surface area (TPSA) is 112 Å². The summed E-state index contributed by atoms with van der Waals surface area (Å²) >= 11 is 7.23. The van der Waals surface area contributed by atoms with Crippen LogP contribution < -0.4 is 10.1 Å². The van der Waals surface area contributed by atoms with E-state index in [9.17, 15) is 14.9 Å². The molecule has 0 aliphatic heterocycles. The number of rotatable bonds is 10. The Labute approximate surface area is 206 Å². The molecule has 9 nitrogen and oxygen atoms in total. The molecule has 3 aromatic rings. The van der Waals surface area contributed by atoms with E-state index in [4.69, 9.17) is 16.3 Å². The number of ether oxygens (including phenoxy) is 1. The molecule has 0 bridgehead atoms. The number of carbonyl (C=O) groups is 1. The van der Waals surface area contributed by atoms with E-state index in [0.717, 1.165) is 16.9 Å². The van der Waals surface area contributed by atoms with E-state index in [2.05, 4.69) is 22.1 Å². The smallest absolute Gasteiger partial charge is 0.271 e. The first-order valence-electron chi connectivity index (χ1n) is 10.3. The van der Waals surface area contributed by atoms with Crippen molar-refractivity contribution >= 4 is 40.6 Å². The summed E-state index contributed by atoms with van der Waals surface area (Å²) in [5.74, 6) is 0.973. The lowest BCUT2D eigenvalue weighted by Gasteiger charge is -2.17. The van der Waals surface area contributed by atoms with Crippen molar-refractivity contribution in [1.82, 2.24) is 14.8 Å². The number of thioether (sulfide) groups is 1. The number of anilines is 1. The first-order chi connectivity index (χ1) is 16.2. The molecule has 34 heavy (non-hydrogen) atoms. The molecule has 0 spiro atoms. The number of hydrogen-bond donors (Lipinski definition) is 1. The number of aryl methyl sites for hydroxylation is 2. The first-order valence-corrected chi connectivity index (χ1v) is 11.7. The highest BCUT2D eigenvalue weighted by molar-refractivity contribution is 7.99. The molecule has 1 amide bonds. The van der Waals surface area contributed by atoms with Gasteiger partial charge < -0.3 is 10.1 Å². The number of nitro benzene ring substituents is 1. The average molecular weight is 502 g/mol. The summed E-state index contributed by atoms with van der Waals surface area (Å²) < 4.78 is 7.95. The van der Waals surface area contributed by atoms with Crippen molar-refractivity contribution in [2.45, 2.75) is 38.6 Å². The summed E-state index contributed by atoms with van der Waals surface area (Å²) in [5.41, 5.74) is 2.18. The second-order valence-electron chi connectivity index (χ2n) is 7.53. The lowest BCUT2D eigenvalue weighted by atomic mass is 10.1. The summed E-state index contributed by atoms with van der Waals surface area (Å²) in [6, 6.07) is 9.81. The van der Waals surface area contributed by atoms with Crippen molar-refractivity contribution in [3.8, 4) is 5.75 Å². The van der Waals surface area contributed by atoms with Crippen LogP contribution >= 0.6 is 23.4 Å². The molecule has 3 rings (SSSR count). The molecular weight excluding hydrogens is 478 g/mol. The minimum Gasteiger partial charge on any atom is -0.482 e. The monoisotopic (exact) mass is 501 g/mol. The zero-order chi connectivity index (χ0) is 24.8. The average Bonchev–Trinajstić information content (AvgIpc) is 3.18. The Hall–Kier alpha value is -3.37. The third-order valence-electron chi connectivity index (χ3n) is 4.82. The third-order valence-corrected chi connectivity index (χ3v) is 6.12. The summed E-state index contributed by atoms with van der Waals surface area (Å²) in [6.45, 7) is 10.1. The maximum absolute atomic E-state index is 12.5. The van der Waals surface area contributed by atoms with Crippen LogP contribution in [0.2, 0.25) is 5.02 Å². The van der Waals surface area contributed by atoms with E-state index >= 15 is 0 Å². The zero-order valence-electron chi connectivity index (χ0n) is 18.9. The van der Waals surface area contributed by atoms with E-state index in [-0.39, 0.29) is 34.2 Å². The van der Waals surface area contributed by atoms with Crippen LogP contribution in [0.3, 0.4) is 0 Å². The predicted octanol–water partition coefficient (Wildman–Crippen LogP) is 5.51. The fourth-order valence-electron chi connectivity index (χ4n) is 3.22. The van der Waals surface area contributed by atoms with Crippen molar-refractivity contribution in [3.05, 3.63) is 81.1 Å². The van der Waals surface area contributed by atoms with Crippen LogP contribution in [0.25, 0.3) is 0 Å². The van der Waals surface area contributed by atoms with Crippen LogP contribution in [0.4, 0.5) is 11.4 Å². The van der Waals surface area contributed by atoms with Crippen LogP contribution in [0, 0.1) is 24.0 Å². The number of aromatic nitrogens is 3. The summed E-state index contributed by atoms with van der Waals surface area (Å²) in [6.07, 6.45) is 1.32. The van der Waals surface area contributed by atoms with Crippen LogP contribution in [0.5, 0.6) is 5.75 Å². The Balaban J connectivity index is 1.70. The molecule has 2 aromatic carbocycles. The number of carbonyl (C=O) groups excluding carboxylic acids is 1. The van der Waals surface area contributed by atoms with Crippen molar-refractivity contribution in [2.75, 3.05) is 11.1 Å². The van der Waals surface area contributed by atoms with Crippen LogP contribution in [0.15, 0.2) is 54.2 Å². The molecule has 1 atom stereocenters. The van der Waals surface area contributed by atoms with Gasteiger partial charge in [0, 0.05) is 18.7 Å². The number of benzene rings is 2. The molecule has 0 aliphatic carbocycles. The third kappa shape index (κ3) is 6.15. The van der Waals surface area contributed by atoms with Gasteiger partial charge in [-0.3, -0.25) is 19.5 Å². The predicted molar refractivity (Wildman–Crippen MR) is 133 cm³/mol. The van der Waals surface area contributed by atoms with Crippen LogP contribution in [-0.2, 0) is 11.3 Å². The first kappa shape index (κ1) is 25.3. The number of nitrogens with one attached hydrogen (secondary N) is 1. The van der Waals surface area contributed by atoms with Crippen molar-refractivity contribution in [3.63, 3.8) is 0 Å². The summed E-state index contributed by atoms with van der Waals surface area (Å²) in [5, 5.41) is 22.8. The fraction of sp³-hybridized carbons (Fsp3) is 0.261. The molecule has 0 aliphatic rings. The van der Waals surface area contributed by atoms with E-state index in [0.29, 0.717) is 17.5 Å². The number of allylic oxidation sites excluding steroid dienone is 1. The summed E-state index contributed by atoms with van der Waals surface area (Å²) in [7, 11) is 0. The lowest BCUT2D eigenvalue weighted by molar-refractivity contribution is -0.384. The summed E-state index contributed by atoms with van der Waals surface area (Å²) in [4.78, 5) is 22.9. The van der Waals surface area contributed by atoms with Gasteiger partial charge in [0.2, 0.25) is 5.91 Å². The molecule has 0 saturated heterocycles. The second-order valence-corrected chi connectivity index (χ2v) is 8.88. The molecule has 1 unspecified atom stereocenters. The second kappa shape index (κ2) is 11.2. The largest absolute Gasteiger partial charge is 0.482 e. The highest BCUT2D eigenvalue weighted by Crippen LogP contribution is 2.29. The Morgan fingerprint density at radius 3 is 2.76 bits per heavy atom. The van der Waals surface area contributed by atoms with E-state index in [1.54, 1.807) is 6.08 Å². The molecule has 0 fully saturated rings. The number of nitrogens with zero attached hydrogens (tertiary/aromatic N) is 4. The van der Waals surface area contributed by atoms with E-state index in [1.807, 2.05) is 43.5 Å². The Bertz CT molecular complexity index is 1230. The van der Waals surface area contributed by atoms with Crippen LogP contribution in [-0.4, -0.2) is 31.3 Å². The Morgan fingerprint density at radius 1 is 1.32 bits per heavy atom. The molecule has 1 aromatic heterocycles. The van der Waals surface area contributed by atoms with E-state index in [1.165, 1.54) is 30.0 Å². The zero-order valence-corrected chi connectivity index (χ0v) is 20.5. The van der Waals surface area contributed by atoms with Gasteiger partial charge in [-0.2, -0.15) is 0 Å². The SMILES string of the molecule is C=CCn1c(SCC(=O)Nc2cc([N+](=O)[O-])ccc2Cl)nnc1C(C)Oc1ccc(C)cc1C. The molecular formula is C23H24ClN5O4S. The minimum atomic E-state index is -0.554. The van der Waals surface area contributed by atoms with Crippen molar-refractivity contribution in [2.24, 2.45) is 0 Å². The number of nitro groups is 1. The van der Waals surface area contributed by atoms with Gasteiger partial charge in [-0.1, -0.05) is 47.1 Å². The number of halogens is 1. The highest BCUT2D eigenvalue weighted by Gasteiger charge is 2.21. The number of hydrogen-bond acceptors (Lipinski definition) is 7. The molecule has 1 heterocycles. The molecule has 0 radical (unpaired) electrons. The normalized spacial score (nSPS) is 11.6. The van der Waals surface area contributed by atoms with Crippen molar-refractivity contribution in [1.29, 1.82) is 0 Å². The number of non-ortho nitro benzene ring substituents is 1. The van der Waals surface area contributed by atoms with Crippen molar-refractivity contribution < 1.29 is 14.5 Å². The highest BCUT2D eigenvalue weighted by atomic mass is 35.5. The molecule has 11 heteroatoms. The minimum absolute atomic E-state index is 0.000601. The van der Waals surface area contributed by atoms with Gasteiger partial charge in [0.05, 0.1) is 21.4 Å². The maximum atomic E-state index is 12.5. The quantitative estimate of drug-likeness (QED) is 0.168. The Kier molecular flexibility index (Phi) is 8.30. The van der Waals surface area contributed by atoms with Gasteiger partial charge in [0.25, 0.3) is 5.69 Å².